The van der Waals surface area contributed by atoms with E-state index in [9.17, 15) is 4.79 Å². The van der Waals surface area contributed by atoms with E-state index in [2.05, 4.69) is 47.4 Å². The SMILES string of the molecule is N#C/C(=C\c1ccc(-c2ccc3c(c2)CCN3c2ccccc2)s1)C(=O)O. The Labute approximate surface area is 161 Å². The predicted octanol–water partition coefficient (Wildman–Crippen LogP) is 5.10. The van der Waals surface area contributed by atoms with Crippen LogP contribution in [0.3, 0.4) is 0 Å². The number of carboxylic acid groups (broad SMARTS) is 1. The molecule has 2 aromatic carbocycles. The van der Waals surface area contributed by atoms with Crippen molar-refractivity contribution < 1.29 is 9.90 Å². The number of fused-ring (bicyclic) bond motifs is 1. The lowest BCUT2D eigenvalue weighted by molar-refractivity contribution is -0.132. The second kappa shape index (κ2) is 7.10. The van der Waals surface area contributed by atoms with E-state index >= 15 is 0 Å². The summed E-state index contributed by atoms with van der Waals surface area (Å²) >= 11 is 1.49. The van der Waals surface area contributed by atoms with Crippen LogP contribution in [0.25, 0.3) is 16.5 Å². The van der Waals surface area contributed by atoms with Gasteiger partial charge in [-0.2, -0.15) is 5.26 Å². The van der Waals surface area contributed by atoms with Gasteiger partial charge >= 0.3 is 5.97 Å². The number of carbonyl (C=O) groups is 1. The maximum Gasteiger partial charge on any atom is 0.346 e. The van der Waals surface area contributed by atoms with E-state index < -0.39 is 5.97 Å². The van der Waals surface area contributed by atoms with Gasteiger partial charge in [0.1, 0.15) is 11.6 Å². The highest BCUT2D eigenvalue weighted by molar-refractivity contribution is 7.16. The molecule has 132 valence electrons. The third-order valence-corrected chi connectivity index (χ3v) is 5.67. The Morgan fingerprint density at radius 3 is 2.70 bits per heavy atom. The summed E-state index contributed by atoms with van der Waals surface area (Å²) in [7, 11) is 0. The van der Waals surface area contributed by atoms with Gasteiger partial charge in [0.2, 0.25) is 0 Å². The van der Waals surface area contributed by atoms with Gasteiger partial charge in [0.05, 0.1) is 0 Å². The van der Waals surface area contributed by atoms with Crippen LogP contribution in [-0.2, 0) is 11.2 Å². The molecular weight excluding hydrogens is 356 g/mol. The lowest BCUT2D eigenvalue weighted by atomic mass is 10.1. The van der Waals surface area contributed by atoms with Crippen molar-refractivity contribution in [3.05, 3.63) is 76.7 Å². The maximum atomic E-state index is 11.0. The number of carboxylic acids is 1. The summed E-state index contributed by atoms with van der Waals surface area (Å²) in [5.74, 6) is -1.20. The van der Waals surface area contributed by atoms with E-state index in [4.69, 9.17) is 10.4 Å². The van der Waals surface area contributed by atoms with Gasteiger partial charge in [-0.3, -0.25) is 0 Å². The van der Waals surface area contributed by atoms with Crippen LogP contribution in [0.2, 0.25) is 0 Å². The zero-order valence-electron chi connectivity index (χ0n) is 14.4. The zero-order chi connectivity index (χ0) is 18.8. The number of anilines is 2. The van der Waals surface area contributed by atoms with Crippen LogP contribution in [-0.4, -0.2) is 17.6 Å². The molecule has 0 radical (unpaired) electrons. The second-order valence-corrected chi connectivity index (χ2v) is 7.37. The van der Waals surface area contributed by atoms with Gasteiger partial charge in [0, 0.05) is 27.7 Å². The second-order valence-electron chi connectivity index (χ2n) is 6.26. The van der Waals surface area contributed by atoms with Crippen LogP contribution in [0.15, 0.2) is 66.2 Å². The van der Waals surface area contributed by atoms with Gasteiger partial charge < -0.3 is 10.0 Å². The van der Waals surface area contributed by atoms with Gasteiger partial charge in [-0.1, -0.05) is 24.3 Å². The van der Waals surface area contributed by atoms with E-state index in [1.807, 2.05) is 18.2 Å². The fourth-order valence-electron chi connectivity index (χ4n) is 3.30. The van der Waals surface area contributed by atoms with Crippen LogP contribution in [0.4, 0.5) is 11.4 Å². The van der Waals surface area contributed by atoms with Gasteiger partial charge in [0.15, 0.2) is 0 Å². The summed E-state index contributed by atoms with van der Waals surface area (Å²) in [6, 6.07) is 22.4. The first kappa shape index (κ1) is 17.1. The normalized spacial score (nSPS) is 13.3. The van der Waals surface area contributed by atoms with Crippen LogP contribution < -0.4 is 4.90 Å². The van der Waals surface area contributed by atoms with E-state index in [1.54, 1.807) is 6.07 Å². The Morgan fingerprint density at radius 1 is 1.15 bits per heavy atom. The lowest BCUT2D eigenvalue weighted by Crippen LogP contribution is -2.12. The van der Waals surface area contributed by atoms with Gasteiger partial charge in [-0.15, -0.1) is 11.3 Å². The van der Waals surface area contributed by atoms with Crippen LogP contribution in [0.5, 0.6) is 0 Å². The van der Waals surface area contributed by atoms with Crippen molar-refractivity contribution in [3.63, 3.8) is 0 Å². The van der Waals surface area contributed by atoms with Crippen molar-refractivity contribution in [3.8, 4) is 16.5 Å². The molecule has 1 N–H and O–H groups in total. The van der Waals surface area contributed by atoms with Crippen LogP contribution in [0, 0.1) is 11.3 Å². The van der Waals surface area contributed by atoms with Crippen molar-refractivity contribution in [1.82, 2.24) is 0 Å². The average Bonchev–Trinajstić information content (AvgIpc) is 3.33. The molecule has 0 unspecified atom stereocenters. The molecule has 0 spiro atoms. The highest BCUT2D eigenvalue weighted by Gasteiger charge is 2.21. The molecule has 0 saturated heterocycles. The molecule has 0 atom stereocenters. The van der Waals surface area contributed by atoms with E-state index in [0.29, 0.717) is 0 Å². The Kier molecular flexibility index (Phi) is 4.49. The zero-order valence-corrected chi connectivity index (χ0v) is 15.2. The minimum atomic E-state index is -1.20. The van der Waals surface area contributed by atoms with Crippen molar-refractivity contribution in [2.75, 3.05) is 11.4 Å². The summed E-state index contributed by atoms with van der Waals surface area (Å²) in [6.07, 6.45) is 2.41. The summed E-state index contributed by atoms with van der Waals surface area (Å²) in [5, 5.41) is 17.9. The highest BCUT2D eigenvalue weighted by atomic mass is 32.1. The Hall–Kier alpha value is -3.36. The maximum absolute atomic E-state index is 11.0. The van der Waals surface area contributed by atoms with E-state index in [0.717, 1.165) is 28.3 Å². The molecule has 4 rings (SSSR count). The topological polar surface area (TPSA) is 64.3 Å². The average molecular weight is 372 g/mol. The molecule has 5 heteroatoms. The number of nitrogens with zero attached hydrogens (tertiary/aromatic N) is 2. The van der Waals surface area contributed by atoms with Crippen molar-refractivity contribution >= 4 is 34.8 Å². The molecule has 2 heterocycles. The molecule has 1 aliphatic rings. The molecule has 1 aromatic heterocycles. The number of benzene rings is 2. The molecule has 27 heavy (non-hydrogen) atoms. The van der Waals surface area contributed by atoms with E-state index in [-0.39, 0.29) is 5.57 Å². The molecule has 0 saturated carbocycles. The smallest absolute Gasteiger partial charge is 0.346 e. The number of nitriles is 1. The number of hydrogen-bond acceptors (Lipinski definition) is 4. The van der Waals surface area contributed by atoms with Gasteiger partial charge in [0.25, 0.3) is 0 Å². The predicted molar refractivity (Wildman–Crippen MR) is 108 cm³/mol. The fourth-order valence-corrected chi connectivity index (χ4v) is 4.25. The molecule has 0 amide bonds. The highest BCUT2D eigenvalue weighted by Crippen LogP contribution is 2.38. The molecule has 0 bridgehead atoms. The first-order chi connectivity index (χ1) is 13.2. The van der Waals surface area contributed by atoms with Crippen molar-refractivity contribution in [2.45, 2.75) is 6.42 Å². The summed E-state index contributed by atoms with van der Waals surface area (Å²) in [4.78, 5) is 15.1. The third-order valence-electron chi connectivity index (χ3n) is 4.59. The number of para-hydroxylation sites is 1. The number of aliphatic carboxylic acids is 1. The minimum Gasteiger partial charge on any atom is -0.477 e. The number of rotatable bonds is 4. The summed E-state index contributed by atoms with van der Waals surface area (Å²) in [5.41, 5.74) is 4.60. The molecule has 0 aliphatic carbocycles. The van der Waals surface area contributed by atoms with E-state index in [1.165, 1.54) is 34.4 Å². The standard InChI is InChI=1S/C22H16N2O2S/c23-14-17(22(25)26)13-19-7-9-21(27-19)16-6-8-20-15(12-16)10-11-24(20)18-4-2-1-3-5-18/h1-9,12-13H,10-11H2,(H,25,26)/b17-13+. The monoisotopic (exact) mass is 372 g/mol. The van der Waals surface area contributed by atoms with Crippen molar-refractivity contribution in [1.29, 1.82) is 5.26 Å². The van der Waals surface area contributed by atoms with Gasteiger partial charge in [-0.25, -0.2) is 4.79 Å². The molecule has 3 aromatic rings. The first-order valence-corrected chi connectivity index (χ1v) is 9.38. The number of hydrogen-bond donors (Lipinski definition) is 1. The Morgan fingerprint density at radius 2 is 1.96 bits per heavy atom. The largest absolute Gasteiger partial charge is 0.477 e. The third kappa shape index (κ3) is 3.35. The summed E-state index contributed by atoms with van der Waals surface area (Å²) < 4.78 is 0. The number of thiophene rings is 1. The lowest BCUT2D eigenvalue weighted by Gasteiger charge is -2.19. The van der Waals surface area contributed by atoms with Crippen LogP contribution >= 0.6 is 11.3 Å². The minimum absolute atomic E-state index is 0.254. The van der Waals surface area contributed by atoms with Gasteiger partial charge in [-0.05, 0) is 60.0 Å². The van der Waals surface area contributed by atoms with Crippen LogP contribution in [0.1, 0.15) is 10.4 Å². The molecule has 0 fully saturated rings. The summed E-state index contributed by atoms with van der Waals surface area (Å²) in [6.45, 7) is 0.964. The quantitative estimate of drug-likeness (QED) is 0.511. The Balaban J connectivity index is 1.63. The molecule has 4 nitrogen and oxygen atoms in total. The van der Waals surface area contributed by atoms with Crippen molar-refractivity contribution in [2.24, 2.45) is 0 Å². The molecule has 1 aliphatic heterocycles. The first-order valence-electron chi connectivity index (χ1n) is 8.56. The molecular formula is C22H16N2O2S. The Bertz CT molecular complexity index is 1080. The fraction of sp³-hybridized carbons (Fsp3) is 0.0909.